The van der Waals surface area contributed by atoms with Gasteiger partial charge in [0.2, 0.25) is 3.79 Å². The first-order chi connectivity index (χ1) is 5.39. The summed E-state index contributed by atoms with van der Waals surface area (Å²) in [5.41, 5.74) is 0. The Bertz CT molecular complexity index is 174. The highest BCUT2D eigenvalue weighted by atomic mass is 35.6. The second kappa shape index (κ2) is 4.95. The fraction of sp³-hybridized carbons (Fsp3) is 0.571. The maximum Gasteiger partial charge on any atom is 0.313 e. The van der Waals surface area contributed by atoms with Crippen LogP contribution in [0, 0.1) is 5.92 Å². The van der Waals surface area contributed by atoms with E-state index in [1.807, 2.05) is 0 Å². The molecule has 1 unspecified atom stereocenters. The van der Waals surface area contributed by atoms with Crippen LogP contribution in [0.4, 0.5) is 0 Å². The van der Waals surface area contributed by atoms with Crippen LogP contribution in [0.3, 0.4) is 0 Å². The topological polar surface area (TPSA) is 26.3 Å². The minimum Gasteiger partial charge on any atom is -0.461 e. The number of hydrogen-bond donors (Lipinski definition) is 0. The molecule has 5 heteroatoms. The Morgan fingerprint density at radius 1 is 1.67 bits per heavy atom. The minimum absolute atomic E-state index is 0.129. The molecule has 0 aromatic heterocycles. The van der Waals surface area contributed by atoms with Gasteiger partial charge in [-0.25, -0.2) is 0 Å². The van der Waals surface area contributed by atoms with E-state index in [0.717, 1.165) is 0 Å². The van der Waals surface area contributed by atoms with Crippen LogP contribution in [0.5, 0.6) is 0 Å². The van der Waals surface area contributed by atoms with Crippen molar-refractivity contribution in [1.29, 1.82) is 0 Å². The Morgan fingerprint density at radius 2 is 2.17 bits per heavy atom. The van der Waals surface area contributed by atoms with Gasteiger partial charge in [0.05, 0.1) is 0 Å². The van der Waals surface area contributed by atoms with E-state index in [1.165, 1.54) is 13.0 Å². The molecular formula is C7H9Cl3O2. The monoisotopic (exact) mass is 230 g/mol. The van der Waals surface area contributed by atoms with Gasteiger partial charge in [-0.1, -0.05) is 47.5 Å². The number of carbonyl (C=O) groups is 1. The fourth-order valence-corrected chi connectivity index (χ4v) is 0.667. The van der Waals surface area contributed by atoms with Gasteiger partial charge >= 0.3 is 5.97 Å². The van der Waals surface area contributed by atoms with E-state index >= 15 is 0 Å². The molecule has 0 N–H and O–H groups in total. The van der Waals surface area contributed by atoms with Gasteiger partial charge < -0.3 is 4.74 Å². The predicted octanol–water partition coefficient (Wildman–Crippen LogP) is 2.72. The Balaban J connectivity index is 4.02. The van der Waals surface area contributed by atoms with Crippen molar-refractivity contribution < 1.29 is 9.53 Å². The van der Waals surface area contributed by atoms with Crippen molar-refractivity contribution in [3.8, 4) is 0 Å². The summed E-state index contributed by atoms with van der Waals surface area (Å²) in [6.45, 7) is 4.99. The molecule has 0 radical (unpaired) electrons. The van der Waals surface area contributed by atoms with Crippen LogP contribution < -0.4 is 0 Å². The molecule has 0 aromatic rings. The molecule has 0 saturated heterocycles. The molecule has 0 aliphatic carbocycles. The first-order valence-corrected chi connectivity index (χ1v) is 4.37. The molecule has 0 fully saturated rings. The van der Waals surface area contributed by atoms with Gasteiger partial charge in [-0.15, -0.1) is 0 Å². The Labute approximate surface area is 86.4 Å². The standard InChI is InChI=1S/C7H9Cl3O2/c1-3-4-12-6(11)5(2)7(8,9)10/h3,5H,1,4H2,2H3. The molecule has 0 aromatic carbocycles. The number of carbonyl (C=O) groups excluding carboxylic acids is 1. The summed E-state index contributed by atoms with van der Waals surface area (Å²) in [6.07, 6.45) is 1.45. The maximum atomic E-state index is 11.0. The van der Waals surface area contributed by atoms with Crippen LogP contribution in [0.1, 0.15) is 6.92 Å². The number of alkyl halides is 3. The summed E-state index contributed by atoms with van der Waals surface area (Å²) in [5.74, 6) is -1.32. The average molecular weight is 232 g/mol. The number of esters is 1. The number of halogens is 3. The molecule has 1 atom stereocenters. The summed E-state index contributed by atoms with van der Waals surface area (Å²) in [6, 6.07) is 0. The van der Waals surface area contributed by atoms with E-state index in [0.29, 0.717) is 0 Å². The summed E-state index contributed by atoms with van der Waals surface area (Å²) in [4.78, 5) is 11.0. The van der Waals surface area contributed by atoms with Crippen molar-refractivity contribution in [3.63, 3.8) is 0 Å². The molecule has 0 aliphatic rings. The second-order valence-electron chi connectivity index (χ2n) is 2.18. The van der Waals surface area contributed by atoms with Crippen LogP contribution in [-0.2, 0) is 9.53 Å². The Kier molecular flexibility index (Phi) is 4.98. The molecule has 0 spiro atoms. The van der Waals surface area contributed by atoms with Gasteiger partial charge in [0.1, 0.15) is 12.5 Å². The second-order valence-corrected chi connectivity index (χ2v) is 4.55. The quantitative estimate of drug-likeness (QED) is 0.424. The average Bonchev–Trinajstić information content (AvgIpc) is 1.97. The highest BCUT2D eigenvalue weighted by Gasteiger charge is 2.35. The highest BCUT2D eigenvalue weighted by molar-refractivity contribution is 6.68. The van der Waals surface area contributed by atoms with Gasteiger partial charge in [0.15, 0.2) is 0 Å². The normalized spacial score (nSPS) is 13.7. The van der Waals surface area contributed by atoms with Crippen LogP contribution >= 0.6 is 34.8 Å². The minimum atomic E-state index is -1.61. The van der Waals surface area contributed by atoms with E-state index in [1.54, 1.807) is 0 Å². The van der Waals surface area contributed by atoms with Crippen LogP contribution in [-0.4, -0.2) is 16.4 Å². The van der Waals surface area contributed by atoms with Gasteiger partial charge in [-0.2, -0.15) is 0 Å². The molecule has 0 rings (SSSR count). The van der Waals surface area contributed by atoms with Crippen LogP contribution in [0.25, 0.3) is 0 Å². The number of ether oxygens (including phenoxy) is 1. The summed E-state index contributed by atoms with van der Waals surface area (Å²) in [5, 5.41) is 0. The summed E-state index contributed by atoms with van der Waals surface area (Å²) < 4.78 is 3.06. The third-order valence-electron chi connectivity index (χ3n) is 1.19. The Hall–Kier alpha value is 0.0800. The molecule has 0 amide bonds. The van der Waals surface area contributed by atoms with Crippen LogP contribution in [0.15, 0.2) is 12.7 Å². The highest BCUT2D eigenvalue weighted by Crippen LogP contribution is 2.35. The largest absolute Gasteiger partial charge is 0.461 e. The summed E-state index contributed by atoms with van der Waals surface area (Å²) >= 11 is 16.4. The van der Waals surface area contributed by atoms with Crippen molar-refractivity contribution in [3.05, 3.63) is 12.7 Å². The first-order valence-electron chi connectivity index (χ1n) is 3.24. The van der Waals surface area contributed by atoms with Crippen molar-refractivity contribution in [1.82, 2.24) is 0 Å². The van der Waals surface area contributed by atoms with E-state index in [-0.39, 0.29) is 6.61 Å². The predicted molar refractivity (Wildman–Crippen MR) is 50.6 cm³/mol. The first kappa shape index (κ1) is 12.1. The lowest BCUT2D eigenvalue weighted by Crippen LogP contribution is -2.26. The lowest BCUT2D eigenvalue weighted by atomic mass is 10.2. The fourth-order valence-electron chi connectivity index (χ4n) is 0.400. The number of hydrogen-bond acceptors (Lipinski definition) is 2. The number of rotatable bonds is 3. The third-order valence-corrected chi connectivity index (χ3v) is 2.17. The maximum absolute atomic E-state index is 11.0. The van der Waals surface area contributed by atoms with Gasteiger partial charge in [0, 0.05) is 0 Å². The molecule has 12 heavy (non-hydrogen) atoms. The summed E-state index contributed by atoms with van der Waals surface area (Å²) in [7, 11) is 0. The molecule has 0 bridgehead atoms. The zero-order valence-corrected chi connectivity index (χ0v) is 8.79. The lowest BCUT2D eigenvalue weighted by molar-refractivity contribution is -0.146. The van der Waals surface area contributed by atoms with Crippen molar-refractivity contribution in [2.45, 2.75) is 10.7 Å². The van der Waals surface area contributed by atoms with E-state index < -0.39 is 15.7 Å². The molecule has 2 nitrogen and oxygen atoms in total. The SMILES string of the molecule is C=CCOC(=O)C(C)C(Cl)(Cl)Cl. The van der Waals surface area contributed by atoms with E-state index in [9.17, 15) is 4.79 Å². The molecule has 70 valence electrons. The van der Waals surface area contributed by atoms with E-state index in [4.69, 9.17) is 34.8 Å². The van der Waals surface area contributed by atoms with Crippen molar-refractivity contribution in [2.75, 3.05) is 6.61 Å². The van der Waals surface area contributed by atoms with Gasteiger partial charge in [-0.3, -0.25) is 4.79 Å². The molecular weight excluding hydrogens is 222 g/mol. The lowest BCUT2D eigenvalue weighted by Gasteiger charge is -2.17. The third kappa shape index (κ3) is 4.19. The van der Waals surface area contributed by atoms with Crippen LogP contribution in [0.2, 0.25) is 0 Å². The van der Waals surface area contributed by atoms with Gasteiger partial charge in [0.25, 0.3) is 0 Å². The van der Waals surface area contributed by atoms with E-state index in [2.05, 4.69) is 11.3 Å². The Morgan fingerprint density at radius 3 is 2.50 bits per heavy atom. The zero-order valence-electron chi connectivity index (χ0n) is 6.52. The van der Waals surface area contributed by atoms with Crippen molar-refractivity contribution >= 4 is 40.8 Å². The van der Waals surface area contributed by atoms with Gasteiger partial charge in [-0.05, 0) is 6.92 Å². The van der Waals surface area contributed by atoms with Crippen molar-refractivity contribution in [2.24, 2.45) is 5.92 Å². The molecule has 0 saturated carbocycles. The zero-order chi connectivity index (χ0) is 9.78. The smallest absolute Gasteiger partial charge is 0.313 e. The molecule has 0 heterocycles. The molecule has 0 aliphatic heterocycles.